The second-order valence-electron chi connectivity index (χ2n) is 7.68. The van der Waals surface area contributed by atoms with Crippen molar-refractivity contribution >= 4 is 17.8 Å². The van der Waals surface area contributed by atoms with Crippen LogP contribution in [-0.2, 0) is 23.8 Å². The molecule has 0 spiro atoms. The van der Waals surface area contributed by atoms with Gasteiger partial charge in [-0.05, 0) is 19.3 Å². The third-order valence-corrected chi connectivity index (χ3v) is 5.68. The molecule has 1 saturated carbocycles. The Morgan fingerprint density at radius 2 is 1.93 bits per heavy atom. The van der Waals surface area contributed by atoms with Gasteiger partial charge in [-0.25, -0.2) is 4.79 Å². The second-order valence-corrected chi connectivity index (χ2v) is 7.68. The average Bonchev–Trinajstić information content (AvgIpc) is 3.01. The summed E-state index contributed by atoms with van der Waals surface area (Å²) >= 11 is 0. The molecule has 2 saturated heterocycles. The molecule has 0 radical (unpaired) electrons. The number of morpholine rings is 1. The van der Waals surface area contributed by atoms with Gasteiger partial charge in [0.25, 0.3) is 5.91 Å². The molecule has 0 bridgehead atoms. The number of hydrogen-bond donors (Lipinski definition) is 1. The number of hydrogen-bond acceptors (Lipinski definition) is 6. The van der Waals surface area contributed by atoms with Crippen LogP contribution in [0.4, 0.5) is 4.79 Å². The minimum Gasteiger partial charge on any atom is -0.436 e. The normalized spacial score (nSPS) is 28.0. The lowest BCUT2D eigenvalue weighted by atomic mass is 9.85. The van der Waals surface area contributed by atoms with Crippen molar-refractivity contribution in [1.29, 1.82) is 0 Å². The Hall–Kier alpha value is -1.67. The van der Waals surface area contributed by atoms with E-state index in [1.165, 1.54) is 6.42 Å². The lowest BCUT2D eigenvalue weighted by molar-refractivity contribution is -0.134. The van der Waals surface area contributed by atoms with Gasteiger partial charge in [0.15, 0.2) is 11.9 Å². The van der Waals surface area contributed by atoms with Crippen LogP contribution in [0, 0.1) is 5.92 Å². The zero-order valence-corrected chi connectivity index (χ0v) is 16.0. The first-order valence-electron chi connectivity index (χ1n) is 10.0. The Morgan fingerprint density at radius 3 is 2.56 bits per heavy atom. The average molecular weight is 382 g/mol. The van der Waals surface area contributed by atoms with Crippen LogP contribution in [-0.4, -0.2) is 73.8 Å². The number of Topliss-reactive ketones (excluding diaryl/α,β-unsaturated/α-hetero) is 1. The van der Waals surface area contributed by atoms with Gasteiger partial charge in [-0.2, -0.15) is 0 Å². The highest BCUT2D eigenvalue weighted by Gasteiger charge is 2.37. The molecule has 1 unspecified atom stereocenters. The van der Waals surface area contributed by atoms with Crippen LogP contribution in [0.3, 0.4) is 0 Å². The Labute approximate surface area is 159 Å². The molecule has 2 aliphatic heterocycles. The molecule has 0 aromatic carbocycles. The molecule has 8 nitrogen and oxygen atoms in total. The maximum atomic E-state index is 12.8. The molecule has 27 heavy (non-hydrogen) atoms. The monoisotopic (exact) mass is 382 g/mol. The molecule has 3 fully saturated rings. The Bertz CT molecular complexity index is 542. The molecule has 3 rings (SSSR count). The van der Waals surface area contributed by atoms with E-state index in [9.17, 15) is 14.4 Å². The molecule has 1 N–H and O–H groups in total. The minimum absolute atomic E-state index is 0.00692. The molecule has 0 aromatic rings. The fourth-order valence-electron chi connectivity index (χ4n) is 3.98. The van der Waals surface area contributed by atoms with Crippen LogP contribution in [0.25, 0.3) is 0 Å². The number of nitrogens with zero attached hydrogens (tertiary/aromatic N) is 1. The van der Waals surface area contributed by atoms with Gasteiger partial charge in [0, 0.05) is 13.1 Å². The Morgan fingerprint density at radius 1 is 1.22 bits per heavy atom. The summed E-state index contributed by atoms with van der Waals surface area (Å²) in [6.07, 6.45) is 4.34. The number of carbonyl (C=O) groups is 3. The largest absolute Gasteiger partial charge is 0.436 e. The summed E-state index contributed by atoms with van der Waals surface area (Å²) in [5.74, 6) is -0.190. The highest BCUT2D eigenvalue weighted by Crippen LogP contribution is 2.28. The second kappa shape index (κ2) is 9.50. The molecule has 8 heteroatoms. The molecule has 2 heterocycles. The minimum atomic E-state index is -0.885. The molecule has 1 aliphatic carbocycles. The lowest BCUT2D eigenvalue weighted by Crippen LogP contribution is -2.51. The van der Waals surface area contributed by atoms with Crippen LogP contribution in [0.15, 0.2) is 0 Å². The van der Waals surface area contributed by atoms with Crippen molar-refractivity contribution in [3.8, 4) is 0 Å². The van der Waals surface area contributed by atoms with Crippen molar-refractivity contribution < 1.29 is 28.6 Å². The van der Waals surface area contributed by atoms with E-state index >= 15 is 0 Å². The van der Waals surface area contributed by atoms with Crippen LogP contribution < -0.4 is 5.32 Å². The van der Waals surface area contributed by atoms with Gasteiger partial charge in [0.2, 0.25) is 0 Å². The molecule has 152 valence electrons. The highest BCUT2D eigenvalue weighted by molar-refractivity contribution is 5.93. The van der Waals surface area contributed by atoms with Gasteiger partial charge in [0.1, 0.15) is 12.6 Å². The maximum Gasteiger partial charge on any atom is 0.410 e. The summed E-state index contributed by atoms with van der Waals surface area (Å²) in [5.41, 5.74) is 0. The van der Waals surface area contributed by atoms with E-state index < -0.39 is 24.1 Å². The first-order valence-corrected chi connectivity index (χ1v) is 10.0. The standard InChI is InChI=1S/C19H30N2O6/c1-13-17(15(22)12-26-13)20-18(23)16(11-14-5-3-2-4-6-14)27-19(24)21-7-9-25-10-8-21/h13-14,16-17H,2-12H2,1H3,(H,20,23)/t13-,16?,17-/m0/s1. The predicted octanol–water partition coefficient (Wildman–Crippen LogP) is 1.27. The summed E-state index contributed by atoms with van der Waals surface area (Å²) < 4.78 is 16.1. The Balaban J connectivity index is 1.63. The van der Waals surface area contributed by atoms with Gasteiger partial charge >= 0.3 is 6.09 Å². The summed E-state index contributed by atoms with van der Waals surface area (Å²) in [5, 5.41) is 2.74. The maximum absolute atomic E-state index is 12.8. The Kier molecular flexibility index (Phi) is 7.07. The third kappa shape index (κ3) is 5.42. The molecule has 0 aromatic heterocycles. The molecular weight excluding hydrogens is 352 g/mol. The van der Waals surface area contributed by atoms with Crippen molar-refractivity contribution in [2.75, 3.05) is 32.9 Å². The summed E-state index contributed by atoms with van der Waals surface area (Å²) in [6, 6.07) is -0.673. The van der Waals surface area contributed by atoms with Gasteiger partial charge < -0.3 is 24.4 Å². The topological polar surface area (TPSA) is 94.2 Å². The number of ether oxygens (including phenoxy) is 3. The van der Waals surface area contributed by atoms with Gasteiger partial charge in [0.05, 0.1) is 19.3 Å². The van der Waals surface area contributed by atoms with Crippen LogP contribution in [0.2, 0.25) is 0 Å². The van der Waals surface area contributed by atoms with Crippen LogP contribution >= 0.6 is 0 Å². The lowest BCUT2D eigenvalue weighted by Gasteiger charge is -2.30. The van der Waals surface area contributed by atoms with E-state index in [2.05, 4.69) is 5.32 Å². The third-order valence-electron chi connectivity index (χ3n) is 5.68. The van der Waals surface area contributed by atoms with Crippen LogP contribution in [0.5, 0.6) is 0 Å². The van der Waals surface area contributed by atoms with Gasteiger partial charge in [-0.3, -0.25) is 9.59 Å². The van der Waals surface area contributed by atoms with Gasteiger partial charge in [-0.15, -0.1) is 0 Å². The quantitative estimate of drug-likeness (QED) is 0.769. The van der Waals surface area contributed by atoms with Crippen LogP contribution in [0.1, 0.15) is 45.4 Å². The SMILES string of the molecule is C[C@@H]1OCC(=O)[C@H]1NC(=O)C(CC1CCCCC1)OC(=O)N1CCOCC1. The first kappa shape index (κ1) is 20.1. The number of carbonyl (C=O) groups excluding carboxylic acids is 3. The van der Waals surface area contributed by atoms with Gasteiger partial charge in [-0.1, -0.05) is 32.1 Å². The van der Waals surface area contributed by atoms with Crippen molar-refractivity contribution in [1.82, 2.24) is 10.2 Å². The number of rotatable bonds is 5. The summed E-state index contributed by atoms with van der Waals surface area (Å²) in [4.78, 5) is 38.8. The first-order chi connectivity index (χ1) is 13.0. The van der Waals surface area contributed by atoms with E-state index in [0.717, 1.165) is 25.7 Å². The number of nitrogens with one attached hydrogen (secondary N) is 1. The zero-order chi connectivity index (χ0) is 19.2. The molecule has 3 aliphatic rings. The smallest absolute Gasteiger partial charge is 0.410 e. The van der Waals surface area contributed by atoms with Crippen molar-refractivity contribution in [3.05, 3.63) is 0 Å². The highest BCUT2D eigenvalue weighted by atomic mass is 16.6. The van der Waals surface area contributed by atoms with E-state index in [1.807, 2.05) is 0 Å². The number of ketones is 1. The van der Waals surface area contributed by atoms with Crippen molar-refractivity contribution in [3.63, 3.8) is 0 Å². The summed E-state index contributed by atoms with van der Waals surface area (Å²) in [6.45, 7) is 3.63. The predicted molar refractivity (Wildman–Crippen MR) is 96.2 cm³/mol. The fourth-order valence-corrected chi connectivity index (χ4v) is 3.98. The zero-order valence-electron chi connectivity index (χ0n) is 16.0. The molecular formula is C19H30N2O6. The fraction of sp³-hybridized carbons (Fsp3) is 0.842. The van der Waals surface area contributed by atoms with E-state index in [1.54, 1.807) is 11.8 Å². The summed E-state index contributed by atoms with van der Waals surface area (Å²) in [7, 11) is 0. The van der Waals surface area contributed by atoms with Crippen molar-refractivity contribution in [2.45, 2.75) is 63.7 Å². The number of amides is 2. The van der Waals surface area contributed by atoms with E-state index in [0.29, 0.717) is 38.6 Å². The van der Waals surface area contributed by atoms with E-state index in [-0.39, 0.29) is 18.5 Å². The molecule has 3 atom stereocenters. The van der Waals surface area contributed by atoms with Crippen molar-refractivity contribution in [2.24, 2.45) is 5.92 Å². The molecule has 2 amide bonds. The van der Waals surface area contributed by atoms with E-state index in [4.69, 9.17) is 14.2 Å².